The molecule has 0 spiro atoms. The van der Waals surface area contributed by atoms with Crippen LogP contribution in [0.15, 0.2) is 29.1 Å². The first-order chi connectivity index (χ1) is 9.97. The molecule has 0 aliphatic heterocycles. The molecule has 0 fully saturated rings. The minimum Gasteiger partial charge on any atom is -0.480 e. The molecule has 1 atom stereocenters. The number of hydrogen-bond donors (Lipinski definition) is 3. The topological polar surface area (TPSA) is 112 Å². The van der Waals surface area contributed by atoms with Gasteiger partial charge < -0.3 is 15.4 Å². The number of carbonyl (C=O) groups is 2. The van der Waals surface area contributed by atoms with E-state index in [0.29, 0.717) is 11.0 Å². The third-order valence-corrected chi connectivity index (χ3v) is 3.01. The molecule has 0 radical (unpaired) electrons. The standard InChI is InChI=1S/C14H15N3O4/c1-8(14(20)21)15-12(18)7-6-11-13(19)17-10-5-3-2-4-9(10)16-11/h2-5,8H,6-7H2,1H3,(H,15,18)(H,17,19)(H,20,21). The normalized spacial score (nSPS) is 12.0. The highest BCUT2D eigenvalue weighted by molar-refractivity contribution is 5.83. The summed E-state index contributed by atoms with van der Waals surface area (Å²) in [7, 11) is 0. The Morgan fingerprint density at radius 3 is 2.81 bits per heavy atom. The third-order valence-electron chi connectivity index (χ3n) is 3.01. The zero-order valence-corrected chi connectivity index (χ0v) is 11.4. The SMILES string of the molecule is CC(NC(=O)CCc1nc2ccccc2[nH]c1=O)C(=O)O. The lowest BCUT2D eigenvalue weighted by Gasteiger charge is -2.08. The van der Waals surface area contributed by atoms with Gasteiger partial charge in [0.15, 0.2) is 0 Å². The van der Waals surface area contributed by atoms with E-state index in [0.717, 1.165) is 0 Å². The number of carboxylic acids is 1. The van der Waals surface area contributed by atoms with Crippen LogP contribution in [0.1, 0.15) is 19.0 Å². The van der Waals surface area contributed by atoms with Gasteiger partial charge in [-0.25, -0.2) is 4.98 Å². The van der Waals surface area contributed by atoms with Gasteiger partial charge in [-0.05, 0) is 19.1 Å². The number of aromatic nitrogens is 2. The van der Waals surface area contributed by atoms with Crippen molar-refractivity contribution >= 4 is 22.9 Å². The second-order valence-corrected chi connectivity index (χ2v) is 4.66. The Morgan fingerprint density at radius 2 is 2.10 bits per heavy atom. The van der Waals surface area contributed by atoms with E-state index < -0.39 is 17.9 Å². The molecule has 0 aliphatic rings. The van der Waals surface area contributed by atoms with Crippen molar-refractivity contribution in [3.63, 3.8) is 0 Å². The Hall–Kier alpha value is -2.70. The fraction of sp³-hybridized carbons (Fsp3) is 0.286. The summed E-state index contributed by atoms with van der Waals surface area (Å²) >= 11 is 0. The molecule has 2 aromatic rings. The Bertz CT molecular complexity index is 738. The quantitative estimate of drug-likeness (QED) is 0.739. The Kier molecular flexibility index (Phi) is 4.32. The predicted octanol–water partition coefficient (Wildman–Crippen LogP) is 0.445. The summed E-state index contributed by atoms with van der Waals surface area (Å²) in [5.74, 6) is -1.54. The van der Waals surface area contributed by atoms with Gasteiger partial charge >= 0.3 is 5.97 Å². The summed E-state index contributed by atoms with van der Waals surface area (Å²) in [4.78, 5) is 41.0. The lowest BCUT2D eigenvalue weighted by Crippen LogP contribution is -2.38. The Labute approximate surface area is 120 Å². The number of nitrogens with zero attached hydrogens (tertiary/aromatic N) is 1. The summed E-state index contributed by atoms with van der Waals surface area (Å²) in [6.45, 7) is 1.38. The van der Waals surface area contributed by atoms with Crippen LogP contribution >= 0.6 is 0 Å². The van der Waals surface area contributed by atoms with Crippen LogP contribution in [-0.4, -0.2) is 33.0 Å². The van der Waals surface area contributed by atoms with Crippen molar-refractivity contribution in [2.45, 2.75) is 25.8 Å². The molecule has 21 heavy (non-hydrogen) atoms. The molecule has 1 amide bonds. The first-order valence-corrected chi connectivity index (χ1v) is 6.47. The van der Waals surface area contributed by atoms with Crippen molar-refractivity contribution in [1.82, 2.24) is 15.3 Å². The summed E-state index contributed by atoms with van der Waals surface area (Å²) < 4.78 is 0. The highest BCUT2D eigenvalue weighted by atomic mass is 16.4. The number of carbonyl (C=O) groups excluding carboxylic acids is 1. The van der Waals surface area contributed by atoms with Crippen LogP contribution in [0.2, 0.25) is 0 Å². The maximum Gasteiger partial charge on any atom is 0.325 e. The van der Waals surface area contributed by atoms with Gasteiger partial charge in [0.25, 0.3) is 5.56 Å². The van der Waals surface area contributed by atoms with E-state index in [2.05, 4.69) is 15.3 Å². The average Bonchev–Trinajstić information content (AvgIpc) is 2.44. The maximum absolute atomic E-state index is 11.8. The Morgan fingerprint density at radius 1 is 1.38 bits per heavy atom. The van der Waals surface area contributed by atoms with Gasteiger partial charge in [0.1, 0.15) is 11.7 Å². The van der Waals surface area contributed by atoms with Crippen molar-refractivity contribution in [3.05, 3.63) is 40.3 Å². The minimum absolute atomic E-state index is 0.00599. The van der Waals surface area contributed by atoms with Crippen LogP contribution in [0.5, 0.6) is 0 Å². The molecular formula is C14H15N3O4. The van der Waals surface area contributed by atoms with Crippen molar-refractivity contribution in [2.24, 2.45) is 0 Å². The second kappa shape index (κ2) is 6.17. The van der Waals surface area contributed by atoms with Gasteiger partial charge in [0.2, 0.25) is 5.91 Å². The number of carboxylic acid groups (broad SMARTS) is 1. The predicted molar refractivity (Wildman–Crippen MR) is 75.9 cm³/mol. The molecular weight excluding hydrogens is 274 g/mol. The van der Waals surface area contributed by atoms with Crippen molar-refractivity contribution in [3.8, 4) is 0 Å². The van der Waals surface area contributed by atoms with Crippen molar-refractivity contribution in [2.75, 3.05) is 0 Å². The molecule has 1 aromatic carbocycles. The molecule has 1 unspecified atom stereocenters. The summed E-state index contributed by atoms with van der Waals surface area (Å²) in [6, 6.07) is 6.15. The summed E-state index contributed by atoms with van der Waals surface area (Å²) in [5.41, 5.74) is 1.20. The summed E-state index contributed by atoms with van der Waals surface area (Å²) in [6.07, 6.45) is 0.157. The largest absolute Gasteiger partial charge is 0.480 e. The number of H-pyrrole nitrogens is 1. The highest BCUT2D eigenvalue weighted by Gasteiger charge is 2.14. The van der Waals surface area contributed by atoms with E-state index in [-0.39, 0.29) is 24.1 Å². The maximum atomic E-state index is 11.8. The van der Waals surface area contributed by atoms with E-state index in [1.807, 2.05) is 0 Å². The molecule has 0 saturated heterocycles. The number of rotatable bonds is 5. The van der Waals surface area contributed by atoms with E-state index in [1.165, 1.54) is 6.92 Å². The van der Waals surface area contributed by atoms with Crippen LogP contribution in [0.25, 0.3) is 11.0 Å². The van der Waals surface area contributed by atoms with Crippen LogP contribution in [0.4, 0.5) is 0 Å². The number of hydrogen-bond acceptors (Lipinski definition) is 4. The van der Waals surface area contributed by atoms with Crippen molar-refractivity contribution < 1.29 is 14.7 Å². The monoisotopic (exact) mass is 289 g/mol. The second-order valence-electron chi connectivity index (χ2n) is 4.66. The van der Waals surface area contributed by atoms with Crippen LogP contribution in [0, 0.1) is 0 Å². The number of amides is 1. The zero-order chi connectivity index (χ0) is 15.4. The minimum atomic E-state index is -1.11. The fourth-order valence-corrected chi connectivity index (χ4v) is 1.84. The highest BCUT2D eigenvalue weighted by Crippen LogP contribution is 2.06. The number of benzene rings is 1. The summed E-state index contributed by atoms with van der Waals surface area (Å²) in [5, 5.41) is 11.0. The van der Waals surface area contributed by atoms with E-state index in [4.69, 9.17) is 5.11 Å². The number of nitrogens with one attached hydrogen (secondary N) is 2. The molecule has 1 aromatic heterocycles. The van der Waals surface area contributed by atoms with E-state index in [9.17, 15) is 14.4 Å². The van der Waals surface area contributed by atoms with Gasteiger partial charge in [-0.3, -0.25) is 14.4 Å². The van der Waals surface area contributed by atoms with Crippen LogP contribution in [0.3, 0.4) is 0 Å². The molecule has 0 saturated carbocycles. The number of aromatic amines is 1. The van der Waals surface area contributed by atoms with E-state index in [1.54, 1.807) is 24.3 Å². The lowest BCUT2D eigenvalue weighted by molar-refractivity contribution is -0.141. The number of aryl methyl sites for hydroxylation is 1. The molecule has 7 heteroatoms. The Balaban J connectivity index is 2.06. The van der Waals surface area contributed by atoms with Crippen molar-refractivity contribution in [1.29, 1.82) is 0 Å². The number of para-hydroxylation sites is 2. The van der Waals surface area contributed by atoms with Crippen LogP contribution in [-0.2, 0) is 16.0 Å². The molecule has 2 rings (SSSR count). The molecule has 3 N–H and O–H groups in total. The van der Waals surface area contributed by atoms with Gasteiger partial charge in [0.05, 0.1) is 11.0 Å². The lowest BCUT2D eigenvalue weighted by atomic mass is 10.2. The van der Waals surface area contributed by atoms with Gasteiger partial charge in [-0.2, -0.15) is 0 Å². The molecule has 110 valence electrons. The van der Waals surface area contributed by atoms with Gasteiger partial charge in [-0.1, -0.05) is 12.1 Å². The molecule has 1 heterocycles. The van der Waals surface area contributed by atoms with Gasteiger partial charge in [-0.15, -0.1) is 0 Å². The zero-order valence-electron chi connectivity index (χ0n) is 11.4. The first-order valence-electron chi connectivity index (χ1n) is 6.47. The molecule has 7 nitrogen and oxygen atoms in total. The smallest absolute Gasteiger partial charge is 0.325 e. The fourth-order valence-electron chi connectivity index (χ4n) is 1.84. The third kappa shape index (κ3) is 3.65. The molecule has 0 bridgehead atoms. The average molecular weight is 289 g/mol. The van der Waals surface area contributed by atoms with Crippen LogP contribution < -0.4 is 10.9 Å². The first kappa shape index (κ1) is 14.7. The number of aliphatic carboxylic acids is 1. The van der Waals surface area contributed by atoms with E-state index >= 15 is 0 Å². The number of fused-ring (bicyclic) bond motifs is 1. The molecule has 0 aliphatic carbocycles. The van der Waals surface area contributed by atoms with Gasteiger partial charge in [0, 0.05) is 12.8 Å².